The van der Waals surface area contributed by atoms with Gasteiger partial charge in [-0.05, 0) is 133 Å². The fraction of sp³-hybridized carbons (Fsp3) is 0.561. The van der Waals surface area contributed by atoms with Crippen LogP contribution in [0.3, 0.4) is 0 Å². The van der Waals surface area contributed by atoms with Crippen LogP contribution in [-0.4, -0.2) is 81.5 Å². The summed E-state index contributed by atoms with van der Waals surface area (Å²) in [4.78, 5) is 55.6. The third kappa shape index (κ3) is 8.77. The van der Waals surface area contributed by atoms with Gasteiger partial charge in [0, 0.05) is 36.8 Å². The smallest absolute Gasteiger partial charge is 0.378 e. The second-order valence-electron chi connectivity index (χ2n) is 16.2. The van der Waals surface area contributed by atoms with Gasteiger partial charge in [-0.3, -0.25) is 34.3 Å². The zero-order chi connectivity index (χ0) is 40.5. The molecule has 4 fully saturated rings. The topological polar surface area (TPSA) is 135 Å². The summed E-state index contributed by atoms with van der Waals surface area (Å²) in [7, 11) is 0. The van der Waals surface area contributed by atoms with E-state index in [4.69, 9.17) is 17.0 Å². The Bertz CT molecular complexity index is 1880. The molecular weight excluding hydrogens is 746 g/mol. The average Bonchev–Trinajstić information content (AvgIpc) is 3.32. The molecule has 0 bridgehead atoms. The van der Waals surface area contributed by atoms with Gasteiger partial charge in [0.2, 0.25) is 17.7 Å². The largest absolute Gasteiger partial charge is 0.417 e. The van der Waals surface area contributed by atoms with Crippen LogP contribution in [0, 0.1) is 17.2 Å². The molecule has 0 aromatic heterocycles. The van der Waals surface area contributed by atoms with E-state index in [0.717, 1.165) is 62.6 Å². The SMILES string of the molecule is C[C@@H]1CC(CCO[C@H]2CC[C@H](N3C(=S)N(c4ccc(C#N)c(C(F)(F)F)c4)C(=O)C3(C)C)CC2)C[C@H](C)N1CC(=O)Nc1ccc(C2CCC(=O)NC2=O)cc1. The summed E-state index contributed by atoms with van der Waals surface area (Å²) in [6.07, 6.45) is 1.85. The van der Waals surface area contributed by atoms with Gasteiger partial charge in [0.05, 0.1) is 41.5 Å². The number of ether oxygens (including phenoxy) is 1. The molecule has 0 spiro atoms. The maximum atomic E-state index is 13.7. The summed E-state index contributed by atoms with van der Waals surface area (Å²) in [6.45, 7) is 8.67. The molecule has 2 unspecified atom stereocenters. The molecule has 3 heterocycles. The van der Waals surface area contributed by atoms with Crippen LogP contribution < -0.4 is 15.5 Å². The van der Waals surface area contributed by atoms with E-state index in [0.29, 0.717) is 31.1 Å². The molecule has 4 amide bonds. The Morgan fingerprint density at radius 2 is 1.68 bits per heavy atom. The van der Waals surface area contributed by atoms with E-state index >= 15 is 0 Å². The molecule has 0 radical (unpaired) electrons. The second kappa shape index (κ2) is 16.6. The van der Waals surface area contributed by atoms with E-state index in [-0.39, 0.29) is 65.2 Å². The Kier molecular flexibility index (Phi) is 12.2. The lowest BCUT2D eigenvalue weighted by Crippen LogP contribution is -2.51. The summed E-state index contributed by atoms with van der Waals surface area (Å²) < 4.78 is 47.5. The maximum absolute atomic E-state index is 13.7. The van der Waals surface area contributed by atoms with Gasteiger partial charge in [0.25, 0.3) is 5.91 Å². The van der Waals surface area contributed by atoms with Gasteiger partial charge in [-0.25, -0.2) is 0 Å². The fourth-order valence-electron chi connectivity index (χ4n) is 9.02. The number of anilines is 2. The van der Waals surface area contributed by atoms with E-state index in [2.05, 4.69) is 29.4 Å². The van der Waals surface area contributed by atoms with Crippen LogP contribution in [0.5, 0.6) is 0 Å². The van der Waals surface area contributed by atoms with Gasteiger partial charge in [0.15, 0.2) is 5.11 Å². The number of carbonyl (C=O) groups excluding carboxylic acids is 4. The van der Waals surface area contributed by atoms with E-state index in [1.807, 2.05) is 17.0 Å². The molecule has 2 aromatic rings. The van der Waals surface area contributed by atoms with Crippen molar-refractivity contribution < 1.29 is 37.1 Å². The first-order valence-electron chi connectivity index (χ1n) is 19.4. The number of benzene rings is 2. The average molecular weight is 795 g/mol. The van der Waals surface area contributed by atoms with Gasteiger partial charge in [0.1, 0.15) is 5.54 Å². The number of hydrogen-bond acceptors (Lipinski definition) is 8. The van der Waals surface area contributed by atoms with Crippen LogP contribution in [-0.2, 0) is 30.1 Å². The van der Waals surface area contributed by atoms with Gasteiger partial charge >= 0.3 is 6.18 Å². The lowest BCUT2D eigenvalue weighted by Gasteiger charge is -2.42. The minimum Gasteiger partial charge on any atom is -0.378 e. The van der Waals surface area contributed by atoms with Crippen molar-refractivity contribution in [1.82, 2.24) is 15.1 Å². The number of hydrogen-bond donors (Lipinski definition) is 2. The molecule has 56 heavy (non-hydrogen) atoms. The normalized spacial score (nSPS) is 27.2. The van der Waals surface area contributed by atoms with E-state index in [1.54, 1.807) is 32.0 Å². The third-order valence-corrected chi connectivity index (χ3v) is 12.3. The highest BCUT2D eigenvalue weighted by Crippen LogP contribution is 2.41. The number of nitriles is 1. The monoisotopic (exact) mass is 794 g/mol. The Morgan fingerprint density at radius 1 is 1.02 bits per heavy atom. The van der Waals surface area contributed by atoms with E-state index < -0.39 is 28.7 Å². The number of piperidine rings is 2. The summed E-state index contributed by atoms with van der Waals surface area (Å²) in [5.41, 5.74) is -1.22. The highest BCUT2D eigenvalue weighted by atomic mass is 32.1. The molecule has 4 atom stereocenters. The molecule has 6 rings (SSSR count). The Morgan fingerprint density at radius 3 is 2.29 bits per heavy atom. The fourth-order valence-corrected chi connectivity index (χ4v) is 9.58. The second-order valence-corrected chi connectivity index (χ2v) is 16.5. The highest BCUT2D eigenvalue weighted by Gasteiger charge is 2.52. The number of nitrogens with zero attached hydrogens (tertiary/aromatic N) is 4. The molecule has 15 heteroatoms. The van der Waals surface area contributed by atoms with E-state index in [9.17, 15) is 37.6 Å². The molecule has 2 aromatic carbocycles. The zero-order valence-electron chi connectivity index (χ0n) is 32.2. The quantitative estimate of drug-likeness (QED) is 0.200. The highest BCUT2D eigenvalue weighted by molar-refractivity contribution is 7.80. The Balaban J connectivity index is 0.942. The molecule has 11 nitrogen and oxygen atoms in total. The number of thiocarbonyl (C=S) groups is 1. The predicted molar refractivity (Wildman–Crippen MR) is 207 cm³/mol. The number of carbonyl (C=O) groups is 4. The summed E-state index contributed by atoms with van der Waals surface area (Å²) in [6, 6.07) is 12.4. The molecule has 4 aliphatic rings. The maximum Gasteiger partial charge on any atom is 0.417 e. The lowest BCUT2D eigenvalue weighted by molar-refractivity contribution is -0.138. The first kappa shape index (κ1) is 41.2. The number of imide groups is 1. The molecule has 300 valence electrons. The minimum atomic E-state index is -4.76. The summed E-state index contributed by atoms with van der Waals surface area (Å²) >= 11 is 5.74. The van der Waals surface area contributed by atoms with Gasteiger partial charge in [-0.1, -0.05) is 12.1 Å². The number of amides is 4. The summed E-state index contributed by atoms with van der Waals surface area (Å²) in [5, 5.41) is 14.7. The molecule has 1 saturated carbocycles. The molecule has 3 aliphatic heterocycles. The zero-order valence-corrected chi connectivity index (χ0v) is 33.0. The summed E-state index contributed by atoms with van der Waals surface area (Å²) in [5.74, 6) is -0.975. The van der Waals surface area contributed by atoms with Crippen molar-refractivity contribution in [2.45, 2.75) is 127 Å². The van der Waals surface area contributed by atoms with Crippen molar-refractivity contribution in [1.29, 1.82) is 5.26 Å². The van der Waals surface area contributed by atoms with Crippen molar-refractivity contribution in [3.63, 3.8) is 0 Å². The third-order valence-electron chi connectivity index (χ3n) is 11.9. The van der Waals surface area contributed by atoms with E-state index in [1.165, 1.54) is 11.0 Å². The standard InChI is InChI=1S/C41H49F3N6O5S/c1-24-19-26(20-25(2)48(24)23-36(52)46-29-8-5-27(6-9-29)33-15-16-35(51)47-37(33)53)17-18-55-32-13-11-30(12-14-32)50-39(56)49(38(54)40(50,3)4)31-10-7-28(22-45)34(21-31)41(42,43)44/h5-10,21,24-26,30,32-33H,11-20,23H2,1-4H3,(H,46,52)(H,47,51,53)/t24-,25+,26?,30-,32-,33?. The van der Waals surface area contributed by atoms with Crippen LogP contribution in [0.4, 0.5) is 24.5 Å². The van der Waals surface area contributed by atoms with Crippen molar-refractivity contribution in [3.05, 3.63) is 59.2 Å². The molecule has 3 saturated heterocycles. The van der Waals surface area contributed by atoms with Gasteiger partial charge in [-0.2, -0.15) is 18.4 Å². The van der Waals surface area contributed by atoms with Crippen LogP contribution in [0.25, 0.3) is 0 Å². The molecular formula is C41H49F3N6O5S. The number of rotatable bonds is 10. The lowest BCUT2D eigenvalue weighted by atomic mass is 9.85. The predicted octanol–water partition coefficient (Wildman–Crippen LogP) is 6.65. The van der Waals surface area contributed by atoms with Crippen molar-refractivity contribution in [2.24, 2.45) is 5.92 Å². The first-order valence-corrected chi connectivity index (χ1v) is 19.8. The Labute approximate surface area is 330 Å². The Hall–Kier alpha value is -4.39. The van der Waals surface area contributed by atoms with Crippen LogP contribution in [0.1, 0.15) is 108 Å². The number of halogens is 3. The van der Waals surface area contributed by atoms with Crippen LogP contribution in [0.2, 0.25) is 0 Å². The minimum absolute atomic E-state index is 0.00712. The molecule has 1 aliphatic carbocycles. The van der Waals surface area contributed by atoms with Crippen molar-refractivity contribution >= 4 is 52.3 Å². The number of likely N-dealkylation sites (tertiary alicyclic amines) is 1. The van der Waals surface area contributed by atoms with Gasteiger partial charge in [-0.15, -0.1) is 0 Å². The number of alkyl halides is 3. The van der Waals surface area contributed by atoms with Crippen molar-refractivity contribution in [3.8, 4) is 6.07 Å². The van der Waals surface area contributed by atoms with Crippen molar-refractivity contribution in [2.75, 3.05) is 23.4 Å². The first-order chi connectivity index (χ1) is 26.5. The molecule has 2 N–H and O–H groups in total. The van der Waals surface area contributed by atoms with Crippen LogP contribution in [0.15, 0.2) is 42.5 Å². The number of nitrogens with one attached hydrogen (secondary N) is 2. The van der Waals surface area contributed by atoms with Crippen LogP contribution >= 0.6 is 12.2 Å². The van der Waals surface area contributed by atoms with Gasteiger partial charge < -0.3 is 15.0 Å².